The fraction of sp³-hybridized carbons (Fsp3) is 0.500. The molecule has 0 bridgehead atoms. The minimum absolute atomic E-state index is 0.0162. The van der Waals surface area contributed by atoms with Gasteiger partial charge >= 0.3 is 12.1 Å². The third kappa shape index (κ3) is 2.91. The molecule has 0 radical (unpaired) electrons. The van der Waals surface area contributed by atoms with Crippen LogP contribution in [-0.4, -0.2) is 30.1 Å². The predicted molar refractivity (Wildman–Crippen MR) is 65.8 cm³/mol. The maximum Gasteiger partial charge on any atom is 0.471 e. The molecule has 2 nitrogen and oxygen atoms in total. The minimum Gasteiger partial charge on any atom is -0.334 e. The molecule has 1 unspecified atom stereocenters. The summed E-state index contributed by atoms with van der Waals surface area (Å²) >= 11 is 0. The van der Waals surface area contributed by atoms with Crippen molar-refractivity contribution in [3.05, 3.63) is 35.4 Å². The monoisotopic (exact) mass is 271 g/mol. The number of benzene rings is 1. The van der Waals surface area contributed by atoms with Gasteiger partial charge in [0, 0.05) is 19.0 Å². The van der Waals surface area contributed by atoms with Gasteiger partial charge in [0.1, 0.15) is 0 Å². The molecule has 1 aromatic rings. The number of nitrogens with zero attached hydrogens (tertiary/aromatic N) is 1. The maximum atomic E-state index is 12.4. The Morgan fingerprint density at radius 1 is 1.37 bits per heavy atom. The van der Waals surface area contributed by atoms with Crippen molar-refractivity contribution < 1.29 is 18.0 Å². The Morgan fingerprint density at radius 3 is 2.68 bits per heavy atom. The summed E-state index contributed by atoms with van der Waals surface area (Å²) < 4.78 is 37.2. The zero-order chi connectivity index (χ0) is 14.0. The summed E-state index contributed by atoms with van der Waals surface area (Å²) in [5.41, 5.74) is 2.22. The first-order valence-electron chi connectivity index (χ1n) is 6.37. The van der Waals surface area contributed by atoms with E-state index in [9.17, 15) is 18.0 Å². The Bertz CT molecular complexity index is 470. The lowest BCUT2D eigenvalue weighted by atomic mass is 9.92. The van der Waals surface area contributed by atoms with Gasteiger partial charge in [-0.1, -0.05) is 31.2 Å². The highest BCUT2D eigenvalue weighted by Crippen LogP contribution is 2.32. The van der Waals surface area contributed by atoms with E-state index in [4.69, 9.17) is 0 Å². The zero-order valence-electron chi connectivity index (χ0n) is 10.7. The smallest absolute Gasteiger partial charge is 0.334 e. The van der Waals surface area contributed by atoms with Crippen LogP contribution in [0.1, 0.15) is 30.4 Å². The number of likely N-dealkylation sites (tertiary alicyclic amines) is 1. The normalized spacial score (nSPS) is 19.8. The molecule has 1 aromatic carbocycles. The fourth-order valence-corrected chi connectivity index (χ4v) is 2.63. The number of halogens is 3. The highest BCUT2D eigenvalue weighted by molar-refractivity contribution is 5.82. The molecule has 0 aromatic heterocycles. The Kier molecular flexibility index (Phi) is 3.83. The summed E-state index contributed by atoms with van der Waals surface area (Å²) in [7, 11) is 0. The van der Waals surface area contributed by atoms with E-state index in [2.05, 4.69) is 0 Å². The standard InChI is InChI=1S/C14H16F3NO/c1-2-10-5-3-4-6-12(10)11-7-8-18(9-11)13(19)14(15,16)17/h3-6,11H,2,7-9H2,1H3. The lowest BCUT2D eigenvalue weighted by molar-refractivity contribution is -0.184. The van der Waals surface area contributed by atoms with E-state index in [1.807, 2.05) is 31.2 Å². The molecule has 1 amide bonds. The Labute approximate surface area is 110 Å². The molecular formula is C14H16F3NO. The van der Waals surface area contributed by atoms with E-state index in [0.717, 1.165) is 22.4 Å². The summed E-state index contributed by atoms with van der Waals surface area (Å²) in [5, 5.41) is 0. The van der Waals surface area contributed by atoms with Crippen molar-refractivity contribution in [2.75, 3.05) is 13.1 Å². The van der Waals surface area contributed by atoms with Crippen molar-refractivity contribution >= 4 is 5.91 Å². The molecular weight excluding hydrogens is 255 g/mol. The number of hydrogen-bond donors (Lipinski definition) is 0. The van der Waals surface area contributed by atoms with Crippen LogP contribution >= 0.6 is 0 Å². The van der Waals surface area contributed by atoms with E-state index < -0.39 is 12.1 Å². The van der Waals surface area contributed by atoms with Crippen molar-refractivity contribution in [1.29, 1.82) is 0 Å². The first kappa shape index (κ1) is 13.9. The molecule has 1 aliphatic heterocycles. The number of hydrogen-bond acceptors (Lipinski definition) is 1. The number of amides is 1. The van der Waals surface area contributed by atoms with Gasteiger partial charge in [-0.25, -0.2) is 0 Å². The van der Waals surface area contributed by atoms with Crippen LogP contribution in [0.5, 0.6) is 0 Å². The molecule has 1 aliphatic rings. The summed E-state index contributed by atoms with van der Waals surface area (Å²) in [4.78, 5) is 12.1. The number of carbonyl (C=O) groups excluding carboxylic acids is 1. The molecule has 19 heavy (non-hydrogen) atoms. The molecule has 1 saturated heterocycles. The highest BCUT2D eigenvalue weighted by atomic mass is 19.4. The average Bonchev–Trinajstić information content (AvgIpc) is 2.86. The van der Waals surface area contributed by atoms with Gasteiger partial charge in [0.05, 0.1) is 0 Å². The molecule has 0 N–H and O–H groups in total. The van der Waals surface area contributed by atoms with E-state index in [1.165, 1.54) is 0 Å². The molecule has 0 spiro atoms. The zero-order valence-corrected chi connectivity index (χ0v) is 10.7. The number of aryl methyl sites for hydroxylation is 1. The van der Waals surface area contributed by atoms with Crippen LogP contribution in [0.25, 0.3) is 0 Å². The second-order valence-electron chi connectivity index (χ2n) is 4.79. The Morgan fingerprint density at radius 2 is 2.05 bits per heavy atom. The Balaban J connectivity index is 2.12. The lowest BCUT2D eigenvalue weighted by Gasteiger charge is -2.19. The fourth-order valence-electron chi connectivity index (χ4n) is 2.63. The van der Waals surface area contributed by atoms with Gasteiger partial charge in [-0.15, -0.1) is 0 Å². The van der Waals surface area contributed by atoms with E-state index >= 15 is 0 Å². The molecule has 0 aliphatic carbocycles. The van der Waals surface area contributed by atoms with E-state index in [-0.39, 0.29) is 19.0 Å². The molecule has 104 valence electrons. The number of alkyl halides is 3. The van der Waals surface area contributed by atoms with Crippen molar-refractivity contribution in [2.45, 2.75) is 31.9 Å². The minimum atomic E-state index is -4.76. The predicted octanol–water partition coefficient (Wildman–Crippen LogP) is 3.13. The van der Waals surface area contributed by atoms with Crippen LogP contribution in [0.2, 0.25) is 0 Å². The van der Waals surface area contributed by atoms with Gasteiger partial charge in [0.25, 0.3) is 0 Å². The lowest BCUT2D eigenvalue weighted by Crippen LogP contribution is -2.39. The first-order chi connectivity index (χ1) is 8.93. The number of carbonyl (C=O) groups is 1. The van der Waals surface area contributed by atoms with Crippen LogP contribution in [0.3, 0.4) is 0 Å². The van der Waals surface area contributed by atoms with Gasteiger partial charge in [-0.3, -0.25) is 4.79 Å². The summed E-state index contributed by atoms with van der Waals surface area (Å²) in [6.07, 6.45) is -3.32. The summed E-state index contributed by atoms with van der Waals surface area (Å²) in [6.45, 7) is 2.36. The van der Waals surface area contributed by atoms with Crippen LogP contribution < -0.4 is 0 Å². The van der Waals surface area contributed by atoms with Crippen LogP contribution in [0, 0.1) is 0 Å². The van der Waals surface area contributed by atoms with Gasteiger partial charge < -0.3 is 4.90 Å². The van der Waals surface area contributed by atoms with Gasteiger partial charge in [-0.05, 0) is 24.0 Å². The SMILES string of the molecule is CCc1ccccc1C1CCN(C(=O)C(F)(F)F)C1. The van der Waals surface area contributed by atoms with E-state index in [0.29, 0.717) is 6.42 Å². The van der Waals surface area contributed by atoms with Gasteiger partial charge in [-0.2, -0.15) is 13.2 Å². The quantitative estimate of drug-likeness (QED) is 0.809. The van der Waals surface area contributed by atoms with Crippen molar-refractivity contribution in [3.63, 3.8) is 0 Å². The van der Waals surface area contributed by atoms with Gasteiger partial charge in [0.2, 0.25) is 0 Å². The third-order valence-electron chi connectivity index (χ3n) is 3.59. The van der Waals surface area contributed by atoms with Crippen LogP contribution in [-0.2, 0) is 11.2 Å². The van der Waals surface area contributed by atoms with Crippen molar-refractivity contribution in [2.24, 2.45) is 0 Å². The van der Waals surface area contributed by atoms with Crippen LogP contribution in [0.15, 0.2) is 24.3 Å². The molecule has 1 fully saturated rings. The molecule has 1 atom stereocenters. The van der Waals surface area contributed by atoms with Gasteiger partial charge in [0.15, 0.2) is 0 Å². The highest BCUT2D eigenvalue weighted by Gasteiger charge is 2.44. The summed E-state index contributed by atoms with van der Waals surface area (Å²) in [6, 6.07) is 7.76. The second kappa shape index (κ2) is 5.23. The summed E-state index contributed by atoms with van der Waals surface area (Å²) in [5.74, 6) is -1.70. The molecule has 1 heterocycles. The number of rotatable bonds is 2. The van der Waals surface area contributed by atoms with Crippen molar-refractivity contribution in [1.82, 2.24) is 4.90 Å². The molecule has 0 saturated carbocycles. The second-order valence-corrected chi connectivity index (χ2v) is 4.79. The van der Waals surface area contributed by atoms with Crippen LogP contribution in [0.4, 0.5) is 13.2 Å². The van der Waals surface area contributed by atoms with E-state index in [1.54, 1.807) is 0 Å². The Hall–Kier alpha value is -1.52. The molecule has 2 rings (SSSR count). The van der Waals surface area contributed by atoms with Crippen molar-refractivity contribution in [3.8, 4) is 0 Å². The molecule has 5 heteroatoms. The third-order valence-corrected chi connectivity index (χ3v) is 3.59. The maximum absolute atomic E-state index is 12.4. The topological polar surface area (TPSA) is 20.3 Å². The largest absolute Gasteiger partial charge is 0.471 e. The average molecular weight is 271 g/mol. The first-order valence-corrected chi connectivity index (χ1v) is 6.37.